The van der Waals surface area contributed by atoms with Gasteiger partial charge in [-0.15, -0.1) is 0 Å². The van der Waals surface area contributed by atoms with Crippen LogP contribution in [0.2, 0.25) is 10.0 Å². The summed E-state index contributed by atoms with van der Waals surface area (Å²) in [5, 5.41) is -2.95. The van der Waals surface area contributed by atoms with Crippen molar-refractivity contribution in [3.8, 4) is 0 Å². The van der Waals surface area contributed by atoms with Gasteiger partial charge in [0.2, 0.25) is 0 Å². The molecule has 3 atom stereocenters. The zero-order valence-corrected chi connectivity index (χ0v) is 29.2. The summed E-state index contributed by atoms with van der Waals surface area (Å²) in [6.07, 6.45) is -7.02. The molecule has 0 saturated carbocycles. The number of benzene rings is 2. The Morgan fingerprint density at radius 2 is 1.43 bits per heavy atom. The molecule has 20 heteroatoms. The number of anilines is 3. The number of nitrogens with zero attached hydrogens (tertiary/aromatic N) is 3. The number of hydrogen-bond donors (Lipinski definition) is 1. The molecule has 49 heavy (non-hydrogen) atoms. The molecule has 0 spiro atoms. The highest BCUT2D eigenvalue weighted by Gasteiger charge is 2.47. The van der Waals surface area contributed by atoms with Crippen molar-refractivity contribution in [3.05, 3.63) is 69.5 Å². The number of allylic oxidation sites excluding steroid dienone is 2. The van der Waals surface area contributed by atoms with Crippen LogP contribution < -0.4 is 19.6 Å². The van der Waals surface area contributed by atoms with Crippen molar-refractivity contribution in [1.82, 2.24) is 0 Å². The molecule has 2 aromatic carbocycles. The Hall–Kier alpha value is -2.74. The zero-order chi connectivity index (χ0) is 36.9. The van der Waals surface area contributed by atoms with Crippen LogP contribution in [0.3, 0.4) is 0 Å². The largest absolute Gasteiger partial charge is 1.00 e. The first-order valence-electron chi connectivity index (χ1n) is 14.8. The van der Waals surface area contributed by atoms with E-state index in [2.05, 4.69) is 0 Å². The molecule has 1 N–H and O–H groups in total. The molecule has 0 saturated heterocycles. The maximum atomic E-state index is 13.9. The normalized spacial score (nSPS) is 20.1. The summed E-state index contributed by atoms with van der Waals surface area (Å²) in [6.45, 7) is 4.86. The van der Waals surface area contributed by atoms with E-state index in [0.29, 0.717) is 0 Å². The smallest absolute Gasteiger partial charge is 0.748 e. The Bertz CT molecular complexity index is 1880. The van der Waals surface area contributed by atoms with Gasteiger partial charge in [0.1, 0.15) is 21.6 Å². The molecular formula is C29H32Cl2F6N4O6S2. The van der Waals surface area contributed by atoms with E-state index in [4.69, 9.17) is 23.2 Å². The molecule has 0 aliphatic carbocycles. The minimum Gasteiger partial charge on any atom is -0.748 e. The average Bonchev–Trinajstić information content (AvgIpc) is 3.40. The van der Waals surface area contributed by atoms with Crippen molar-refractivity contribution in [3.63, 3.8) is 0 Å². The Morgan fingerprint density at radius 1 is 0.878 bits per heavy atom. The SMILES string of the molecule is CCC([NH+]1c2cc(C(F)(F)F)c(Cl)cc2N(CC)C1C=CC=C1N(CC)c2cc(Cl)c(C(F)(F)F)cc2N1CCCS(=O)(=O)[O-])S(=O)(=O)[O-].[H+]. The molecule has 0 aromatic heterocycles. The third-order valence-electron chi connectivity index (χ3n) is 8.21. The van der Waals surface area contributed by atoms with Gasteiger partial charge in [-0.05, 0) is 50.6 Å². The number of halogens is 8. The van der Waals surface area contributed by atoms with Crippen LogP contribution in [0.1, 0.15) is 46.2 Å². The molecule has 2 aromatic rings. The lowest BCUT2D eigenvalue weighted by molar-refractivity contribution is -0.858. The molecule has 0 amide bonds. The van der Waals surface area contributed by atoms with Crippen LogP contribution in [0.5, 0.6) is 0 Å². The van der Waals surface area contributed by atoms with Crippen LogP contribution in [0.15, 0.2) is 48.3 Å². The fourth-order valence-electron chi connectivity index (χ4n) is 6.23. The zero-order valence-electron chi connectivity index (χ0n) is 27.1. The molecule has 272 valence electrons. The van der Waals surface area contributed by atoms with Gasteiger partial charge in [-0.25, -0.2) is 16.8 Å². The van der Waals surface area contributed by atoms with Gasteiger partial charge >= 0.3 is 13.8 Å². The van der Waals surface area contributed by atoms with Gasteiger partial charge in [0.25, 0.3) is 0 Å². The second-order valence-electron chi connectivity index (χ2n) is 11.2. The third-order valence-corrected chi connectivity index (χ3v) is 10.9. The van der Waals surface area contributed by atoms with E-state index in [1.54, 1.807) is 23.6 Å². The summed E-state index contributed by atoms with van der Waals surface area (Å²) >= 11 is 12.0. The highest BCUT2D eigenvalue weighted by Crippen LogP contribution is 2.48. The molecule has 4 rings (SSSR count). The Balaban J connectivity index is 0.00000676. The Morgan fingerprint density at radius 3 is 1.92 bits per heavy atom. The lowest BCUT2D eigenvalue weighted by Crippen LogP contribution is -3.15. The maximum absolute atomic E-state index is 13.9. The van der Waals surface area contributed by atoms with Crippen molar-refractivity contribution in [1.29, 1.82) is 0 Å². The van der Waals surface area contributed by atoms with Gasteiger partial charge in [-0.3, -0.25) is 4.90 Å². The van der Waals surface area contributed by atoms with Gasteiger partial charge in [0.15, 0.2) is 17.2 Å². The average molecular weight is 782 g/mol. The Labute approximate surface area is 291 Å². The number of quaternary nitrogens is 1. The summed E-state index contributed by atoms with van der Waals surface area (Å²) in [5.74, 6) is -0.568. The van der Waals surface area contributed by atoms with Gasteiger partial charge < -0.3 is 23.8 Å². The molecule has 2 aliphatic heterocycles. The first kappa shape index (κ1) is 39.1. The van der Waals surface area contributed by atoms with E-state index in [9.17, 15) is 52.3 Å². The predicted octanol–water partition coefficient (Wildman–Crippen LogP) is 5.79. The molecule has 3 unspecified atom stereocenters. The fraction of sp³-hybridized carbons (Fsp3) is 0.448. The Kier molecular flexibility index (Phi) is 11.2. The highest BCUT2D eigenvalue weighted by atomic mass is 35.5. The lowest BCUT2D eigenvalue weighted by atomic mass is 10.1. The first-order chi connectivity index (χ1) is 22.5. The standard InChI is InChI=1S/C29H32Cl2F6N4O6S2/c1-4-27(49(45,46)47)41-24-14-18(29(35,36)37)20(31)16-23(24)39(6-3)26(41)10-7-9-25-38(5-2)22-15-19(30)17(28(32,33)34)13-21(22)40(25)11-8-12-48(42,43)44/h7,9-10,13-16,26-27H,4-6,8,11-12H2,1-3H3,(H,42,43,44)(H,45,46,47). The molecule has 0 radical (unpaired) electrons. The summed E-state index contributed by atoms with van der Waals surface area (Å²) < 4.78 is 154. The molecule has 2 heterocycles. The minimum absolute atomic E-state index is 0. The number of nitrogens with one attached hydrogen (secondary N) is 1. The lowest BCUT2D eigenvalue weighted by Gasteiger charge is -2.32. The number of rotatable bonds is 11. The van der Waals surface area contributed by atoms with Gasteiger partial charge in [-0.2, -0.15) is 26.3 Å². The van der Waals surface area contributed by atoms with Gasteiger partial charge in [-0.1, -0.05) is 36.2 Å². The number of hydrogen-bond acceptors (Lipinski definition) is 9. The second kappa shape index (κ2) is 14.1. The van der Waals surface area contributed by atoms with Gasteiger partial charge in [0.05, 0.1) is 42.7 Å². The summed E-state index contributed by atoms with van der Waals surface area (Å²) in [5.41, 5.74) is -2.05. The van der Waals surface area contributed by atoms with E-state index in [1.807, 2.05) is 0 Å². The van der Waals surface area contributed by atoms with Crippen molar-refractivity contribution in [2.24, 2.45) is 0 Å². The van der Waals surface area contributed by atoms with Crippen molar-refractivity contribution in [2.75, 3.05) is 40.1 Å². The van der Waals surface area contributed by atoms with E-state index in [-0.39, 0.29) is 67.4 Å². The molecular weight excluding hydrogens is 749 g/mol. The van der Waals surface area contributed by atoms with Crippen LogP contribution >= 0.6 is 23.2 Å². The summed E-state index contributed by atoms with van der Waals surface area (Å²) in [6, 6.07) is 3.69. The fourth-order valence-corrected chi connectivity index (χ4v) is 8.23. The predicted molar refractivity (Wildman–Crippen MR) is 172 cm³/mol. The molecule has 2 aliphatic rings. The minimum atomic E-state index is -5.08. The van der Waals surface area contributed by atoms with Crippen LogP contribution in [-0.4, -0.2) is 62.9 Å². The molecule has 0 bridgehead atoms. The molecule has 10 nitrogen and oxygen atoms in total. The van der Waals surface area contributed by atoms with E-state index >= 15 is 0 Å². The van der Waals surface area contributed by atoms with Gasteiger partial charge in [0, 0.05) is 37.9 Å². The number of likely N-dealkylation sites (N-methyl/N-ethyl adjacent to an activating group) is 1. The second-order valence-corrected chi connectivity index (χ2v) is 15.1. The number of fused-ring (bicyclic) bond motifs is 2. The van der Waals surface area contributed by atoms with E-state index in [1.165, 1.54) is 30.1 Å². The maximum Gasteiger partial charge on any atom is 1.00 e. The van der Waals surface area contributed by atoms with Crippen LogP contribution in [-0.2, 0) is 32.6 Å². The first-order valence-corrected chi connectivity index (χ1v) is 18.6. The van der Waals surface area contributed by atoms with Crippen LogP contribution in [0.25, 0.3) is 0 Å². The summed E-state index contributed by atoms with van der Waals surface area (Å²) in [4.78, 5) is 4.41. The van der Waals surface area contributed by atoms with Crippen molar-refractivity contribution in [2.45, 2.75) is 57.5 Å². The topological polar surface area (TPSA) is 129 Å². The monoisotopic (exact) mass is 780 g/mol. The van der Waals surface area contributed by atoms with Crippen molar-refractivity contribution >= 4 is 66.2 Å². The van der Waals surface area contributed by atoms with Crippen LogP contribution in [0.4, 0.5) is 49.1 Å². The quantitative estimate of drug-likeness (QED) is 0.223. The van der Waals surface area contributed by atoms with E-state index < -0.39 is 71.1 Å². The van der Waals surface area contributed by atoms with E-state index in [0.717, 1.165) is 24.3 Å². The van der Waals surface area contributed by atoms with Crippen LogP contribution in [0, 0.1) is 0 Å². The molecule has 0 fully saturated rings. The number of alkyl halides is 6. The third kappa shape index (κ3) is 8.10. The highest BCUT2D eigenvalue weighted by molar-refractivity contribution is 7.86. The summed E-state index contributed by atoms with van der Waals surface area (Å²) in [7, 11) is -9.74. The van der Waals surface area contributed by atoms with Crippen molar-refractivity contribution < 1.29 is 58.6 Å².